The Morgan fingerprint density at radius 3 is 2.42 bits per heavy atom. The predicted molar refractivity (Wildman–Crippen MR) is 36.0 cm³/mol. The van der Waals surface area contributed by atoms with Crippen LogP contribution in [-0.2, 0) is 4.74 Å². The SMILES string of the molecule is OC[C@@H](O)[C@]1(O)OC[C@H](O)[C@H]1O. The third kappa shape index (κ3) is 1.33. The quantitative estimate of drug-likeness (QED) is 0.306. The molecule has 72 valence electrons. The fraction of sp³-hybridized carbons (Fsp3) is 1.00. The Morgan fingerprint density at radius 2 is 2.08 bits per heavy atom. The van der Waals surface area contributed by atoms with Crippen LogP contribution in [0.3, 0.4) is 0 Å². The van der Waals surface area contributed by atoms with Gasteiger partial charge in [-0.3, -0.25) is 0 Å². The van der Waals surface area contributed by atoms with Gasteiger partial charge in [-0.2, -0.15) is 0 Å². The number of hydrogen-bond donors (Lipinski definition) is 5. The van der Waals surface area contributed by atoms with E-state index in [0.29, 0.717) is 0 Å². The van der Waals surface area contributed by atoms with E-state index in [9.17, 15) is 5.11 Å². The molecule has 12 heavy (non-hydrogen) atoms. The summed E-state index contributed by atoms with van der Waals surface area (Å²) in [5.74, 6) is -2.26. The maximum atomic E-state index is 9.36. The maximum Gasteiger partial charge on any atom is 0.224 e. The van der Waals surface area contributed by atoms with Crippen molar-refractivity contribution in [2.75, 3.05) is 13.2 Å². The van der Waals surface area contributed by atoms with E-state index in [-0.39, 0.29) is 6.61 Å². The molecule has 0 aromatic heterocycles. The Hall–Kier alpha value is -0.240. The molecule has 0 aliphatic carbocycles. The minimum absolute atomic E-state index is 0.269. The lowest BCUT2D eigenvalue weighted by molar-refractivity contribution is -0.271. The van der Waals surface area contributed by atoms with E-state index in [4.69, 9.17) is 20.4 Å². The summed E-state index contributed by atoms with van der Waals surface area (Å²) >= 11 is 0. The first-order chi connectivity index (χ1) is 5.52. The molecule has 1 saturated heterocycles. The van der Waals surface area contributed by atoms with Crippen molar-refractivity contribution in [1.29, 1.82) is 0 Å². The van der Waals surface area contributed by atoms with Crippen molar-refractivity contribution < 1.29 is 30.3 Å². The van der Waals surface area contributed by atoms with Crippen LogP contribution in [0.5, 0.6) is 0 Å². The zero-order valence-electron chi connectivity index (χ0n) is 6.29. The van der Waals surface area contributed by atoms with Crippen LogP contribution in [0.25, 0.3) is 0 Å². The highest BCUT2D eigenvalue weighted by Crippen LogP contribution is 2.27. The molecule has 1 heterocycles. The van der Waals surface area contributed by atoms with Crippen LogP contribution in [0.4, 0.5) is 0 Å². The van der Waals surface area contributed by atoms with E-state index in [1.165, 1.54) is 0 Å². The molecule has 1 aliphatic heterocycles. The molecule has 1 rings (SSSR count). The molecule has 4 atom stereocenters. The summed E-state index contributed by atoms with van der Waals surface area (Å²) in [4.78, 5) is 0. The van der Waals surface area contributed by atoms with Gasteiger partial charge in [-0.1, -0.05) is 0 Å². The maximum absolute atomic E-state index is 9.36. The Balaban J connectivity index is 2.71. The van der Waals surface area contributed by atoms with Gasteiger partial charge in [0.25, 0.3) is 0 Å². The fourth-order valence-electron chi connectivity index (χ4n) is 1.10. The molecule has 0 spiro atoms. The number of ether oxygens (including phenoxy) is 1. The molecule has 0 aromatic rings. The standard InChI is InChI=1S/C6H12O6/c7-1-4(9)6(11)5(10)3(8)2-12-6/h3-5,7-11H,1-2H2/t3-,4+,5+,6-/m0/s1. The largest absolute Gasteiger partial charge is 0.393 e. The van der Waals surface area contributed by atoms with Gasteiger partial charge < -0.3 is 30.3 Å². The Labute approximate surface area is 68.6 Å². The Morgan fingerprint density at radius 1 is 1.50 bits per heavy atom. The molecule has 0 unspecified atom stereocenters. The van der Waals surface area contributed by atoms with Crippen molar-refractivity contribution in [2.45, 2.75) is 24.1 Å². The van der Waals surface area contributed by atoms with Crippen molar-refractivity contribution in [3.63, 3.8) is 0 Å². The van der Waals surface area contributed by atoms with E-state index in [2.05, 4.69) is 4.74 Å². The van der Waals surface area contributed by atoms with Gasteiger partial charge >= 0.3 is 0 Å². The molecule has 6 heteroatoms. The molecule has 0 amide bonds. The third-order valence-electron chi connectivity index (χ3n) is 1.92. The topological polar surface area (TPSA) is 110 Å². The zero-order chi connectivity index (χ0) is 9.35. The molecule has 5 N–H and O–H groups in total. The van der Waals surface area contributed by atoms with E-state index in [1.807, 2.05) is 0 Å². The van der Waals surface area contributed by atoms with E-state index >= 15 is 0 Å². The molecule has 0 saturated carbocycles. The zero-order valence-corrected chi connectivity index (χ0v) is 6.29. The van der Waals surface area contributed by atoms with Crippen molar-refractivity contribution in [3.05, 3.63) is 0 Å². The first-order valence-electron chi connectivity index (χ1n) is 3.53. The summed E-state index contributed by atoms with van der Waals surface area (Å²) in [6.45, 7) is -1.02. The second-order valence-electron chi connectivity index (χ2n) is 2.77. The summed E-state index contributed by atoms with van der Waals surface area (Å²) in [6, 6.07) is 0. The van der Waals surface area contributed by atoms with Crippen LogP contribution in [0.1, 0.15) is 0 Å². The first-order valence-corrected chi connectivity index (χ1v) is 3.53. The Bertz CT molecular complexity index is 162. The lowest BCUT2D eigenvalue weighted by atomic mass is 10.0. The highest BCUT2D eigenvalue weighted by molar-refractivity contribution is 4.94. The monoisotopic (exact) mass is 180 g/mol. The van der Waals surface area contributed by atoms with Crippen LogP contribution in [0.15, 0.2) is 0 Å². The molecular weight excluding hydrogens is 168 g/mol. The minimum atomic E-state index is -2.26. The van der Waals surface area contributed by atoms with Crippen LogP contribution in [-0.4, -0.2) is 62.8 Å². The molecule has 1 aliphatic rings. The average Bonchev–Trinajstić information content (AvgIpc) is 2.33. The van der Waals surface area contributed by atoms with Crippen LogP contribution < -0.4 is 0 Å². The van der Waals surface area contributed by atoms with Gasteiger partial charge in [0.2, 0.25) is 5.79 Å². The van der Waals surface area contributed by atoms with Gasteiger partial charge in [0, 0.05) is 0 Å². The molecule has 6 nitrogen and oxygen atoms in total. The van der Waals surface area contributed by atoms with Crippen molar-refractivity contribution >= 4 is 0 Å². The van der Waals surface area contributed by atoms with E-state index < -0.39 is 30.7 Å². The highest BCUT2D eigenvalue weighted by Gasteiger charge is 2.52. The van der Waals surface area contributed by atoms with Gasteiger partial charge in [0.05, 0.1) is 13.2 Å². The lowest BCUT2D eigenvalue weighted by Crippen LogP contribution is -2.53. The van der Waals surface area contributed by atoms with Gasteiger partial charge in [-0.05, 0) is 0 Å². The summed E-state index contributed by atoms with van der Waals surface area (Å²) in [5.41, 5.74) is 0. The molecule has 1 fully saturated rings. The summed E-state index contributed by atoms with van der Waals surface area (Å²) in [5, 5.41) is 44.9. The van der Waals surface area contributed by atoms with Crippen LogP contribution in [0, 0.1) is 0 Å². The number of aliphatic hydroxyl groups is 5. The first kappa shape index (κ1) is 9.85. The second kappa shape index (κ2) is 3.25. The predicted octanol–water partition coefficient (Wildman–Crippen LogP) is -3.22. The van der Waals surface area contributed by atoms with Crippen molar-refractivity contribution in [1.82, 2.24) is 0 Å². The van der Waals surface area contributed by atoms with E-state index in [1.54, 1.807) is 0 Å². The minimum Gasteiger partial charge on any atom is -0.393 e. The number of rotatable bonds is 2. The average molecular weight is 180 g/mol. The van der Waals surface area contributed by atoms with Gasteiger partial charge in [0.15, 0.2) is 0 Å². The van der Waals surface area contributed by atoms with E-state index in [0.717, 1.165) is 0 Å². The lowest BCUT2D eigenvalue weighted by Gasteiger charge is -2.29. The van der Waals surface area contributed by atoms with Crippen LogP contribution in [0.2, 0.25) is 0 Å². The van der Waals surface area contributed by atoms with Crippen molar-refractivity contribution in [2.24, 2.45) is 0 Å². The molecular formula is C6H12O6. The third-order valence-corrected chi connectivity index (χ3v) is 1.92. The molecule has 0 aromatic carbocycles. The fourth-order valence-corrected chi connectivity index (χ4v) is 1.10. The molecule has 0 bridgehead atoms. The number of hydrogen-bond acceptors (Lipinski definition) is 6. The second-order valence-corrected chi connectivity index (χ2v) is 2.77. The van der Waals surface area contributed by atoms with Crippen molar-refractivity contribution in [3.8, 4) is 0 Å². The Kier molecular flexibility index (Phi) is 2.67. The summed E-state index contributed by atoms with van der Waals surface area (Å²) in [6.07, 6.45) is -4.46. The normalized spacial score (nSPS) is 44.8. The van der Waals surface area contributed by atoms with Gasteiger partial charge in [0.1, 0.15) is 18.3 Å². The summed E-state index contributed by atoms with van der Waals surface area (Å²) in [7, 11) is 0. The van der Waals surface area contributed by atoms with Crippen LogP contribution >= 0.6 is 0 Å². The van der Waals surface area contributed by atoms with Gasteiger partial charge in [-0.15, -0.1) is 0 Å². The van der Waals surface area contributed by atoms with Gasteiger partial charge in [-0.25, -0.2) is 0 Å². The summed E-state index contributed by atoms with van der Waals surface area (Å²) < 4.78 is 4.56. The smallest absolute Gasteiger partial charge is 0.224 e. The highest BCUT2D eigenvalue weighted by atomic mass is 16.7. The number of aliphatic hydroxyl groups excluding tert-OH is 4. The molecule has 0 radical (unpaired) electrons.